The molecular weight excluding hydrogens is 370 g/mol. The molecule has 4 rings (SSSR count). The summed E-state index contributed by atoms with van der Waals surface area (Å²) in [5, 5.41) is 7.26. The van der Waals surface area contributed by atoms with Gasteiger partial charge in [-0.2, -0.15) is 0 Å². The van der Waals surface area contributed by atoms with Crippen LogP contribution in [0.1, 0.15) is 31.2 Å². The Morgan fingerprint density at radius 1 is 0.933 bits per heavy atom. The summed E-state index contributed by atoms with van der Waals surface area (Å²) in [6.45, 7) is 5.36. The van der Waals surface area contributed by atoms with Crippen LogP contribution in [0.3, 0.4) is 0 Å². The zero-order valence-electron chi connectivity index (χ0n) is 18.1. The van der Waals surface area contributed by atoms with Gasteiger partial charge >= 0.3 is 0 Å². The van der Waals surface area contributed by atoms with Gasteiger partial charge in [0.25, 0.3) is 0 Å². The summed E-state index contributed by atoms with van der Waals surface area (Å²) in [5.74, 6) is 0.944. The molecule has 2 aromatic rings. The SMILES string of the molecule is CN=C(NCC1CCCN1Cc1ccccc1)NC1CCN(c2ccccc2)CC1. The molecule has 0 aromatic heterocycles. The van der Waals surface area contributed by atoms with Crippen LogP contribution in [0.25, 0.3) is 0 Å². The van der Waals surface area contributed by atoms with Gasteiger partial charge in [0.15, 0.2) is 5.96 Å². The van der Waals surface area contributed by atoms with Crippen molar-refractivity contribution in [2.45, 2.75) is 44.3 Å². The molecule has 5 heteroatoms. The molecule has 5 nitrogen and oxygen atoms in total. The number of piperidine rings is 1. The quantitative estimate of drug-likeness (QED) is 0.570. The fourth-order valence-electron chi connectivity index (χ4n) is 4.68. The van der Waals surface area contributed by atoms with Gasteiger partial charge in [0.05, 0.1) is 0 Å². The lowest BCUT2D eigenvalue weighted by atomic mass is 10.0. The molecule has 0 bridgehead atoms. The maximum absolute atomic E-state index is 4.49. The van der Waals surface area contributed by atoms with Crippen molar-refractivity contribution in [2.24, 2.45) is 4.99 Å². The number of hydrogen-bond donors (Lipinski definition) is 2. The maximum Gasteiger partial charge on any atom is 0.191 e. The van der Waals surface area contributed by atoms with Gasteiger partial charge in [-0.05, 0) is 49.9 Å². The van der Waals surface area contributed by atoms with Crippen molar-refractivity contribution in [3.05, 3.63) is 66.2 Å². The molecule has 0 radical (unpaired) electrons. The highest BCUT2D eigenvalue weighted by Gasteiger charge is 2.25. The molecule has 0 aliphatic carbocycles. The molecular formula is C25H35N5. The molecule has 30 heavy (non-hydrogen) atoms. The van der Waals surface area contributed by atoms with Gasteiger partial charge in [0.1, 0.15) is 0 Å². The number of anilines is 1. The molecule has 0 amide bonds. The van der Waals surface area contributed by atoms with Crippen molar-refractivity contribution < 1.29 is 0 Å². The largest absolute Gasteiger partial charge is 0.371 e. The monoisotopic (exact) mass is 405 g/mol. The van der Waals surface area contributed by atoms with E-state index >= 15 is 0 Å². The Kier molecular flexibility index (Phi) is 7.25. The third-order valence-electron chi connectivity index (χ3n) is 6.41. The molecule has 1 unspecified atom stereocenters. The highest BCUT2D eigenvalue weighted by atomic mass is 15.2. The average molecular weight is 406 g/mol. The second kappa shape index (κ2) is 10.5. The van der Waals surface area contributed by atoms with Crippen LogP contribution in [0, 0.1) is 0 Å². The van der Waals surface area contributed by atoms with E-state index < -0.39 is 0 Å². The molecule has 0 saturated carbocycles. The van der Waals surface area contributed by atoms with Crippen LogP contribution in [0.5, 0.6) is 0 Å². The molecule has 2 aromatic carbocycles. The molecule has 2 heterocycles. The Balaban J connectivity index is 1.22. The molecule has 0 spiro atoms. The molecule has 160 valence electrons. The van der Waals surface area contributed by atoms with Crippen LogP contribution >= 0.6 is 0 Å². The van der Waals surface area contributed by atoms with Crippen molar-refractivity contribution in [2.75, 3.05) is 38.1 Å². The summed E-state index contributed by atoms with van der Waals surface area (Å²) >= 11 is 0. The van der Waals surface area contributed by atoms with E-state index in [1.165, 1.54) is 30.6 Å². The summed E-state index contributed by atoms with van der Waals surface area (Å²) in [4.78, 5) is 9.58. The van der Waals surface area contributed by atoms with Gasteiger partial charge in [0.2, 0.25) is 0 Å². The third-order valence-corrected chi connectivity index (χ3v) is 6.41. The number of likely N-dealkylation sites (tertiary alicyclic amines) is 1. The summed E-state index contributed by atoms with van der Waals surface area (Å²) in [6.07, 6.45) is 4.81. The first-order valence-corrected chi connectivity index (χ1v) is 11.4. The average Bonchev–Trinajstić information content (AvgIpc) is 3.25. The Morgan fingerprint density at radius 2 is 1.63 bits per heavy atom. The number of rotatable bonds is 6. The lowest BCUT2D eigenvalue weighted by Gasteiger charge is -2.34. The Bertz CT molecular complexity index is 784. The number of benzene rings is 2. The van der Waals surface area contributed by atoms with Crippen molar-refractivity contribution >= 4 is 11.6 Å². The lowest BCUT2D eigenvalue weighted by molar-refractivity contribution is 0.245. The van der Waals surface area contributed by atoms with Crippen LogP contribution < -0.4 is 15.5 Å². The van der Waals surface area contributed by atoms with Gasteiger partial charge in [-0.1, -0.05) is 48.5 Å². The van der Waals surface area contributed by atoms with Crippen LogP contribution in [0.4, 0.5) is 5.69 Å². The Morgan fingerprint density at radius 3 is 2.33 bits per heavy atom. The third kappa shape index (κ3) is 5.54. The minimum Gasteiger partial charge on any atom is -0.371 e. The number of nitrogens with zero attached hydrogens (tertiary/aromatic N) is 3. The summed E-state index contributed by atoms with van der Waals surface area (Å²) in [6, 6.07) is 22.6. The summed E-state index contributed by atoms with van der Waals surface area (Å²) in [7, 11) is 1.88. The van der Waals surface area contributed by atoms with Gasteiger partial charge in [-0.15, -0.1) is 0 Å². The van der Waals surface area contributed by atoms with Gasteiger partial charge < -0.3 is 15.5 Å². The summed E-state index contributed by atoms with van der Waals surface area (Å²) in [5.41, 5.74) is 2.73. The highest BCUT2D eigenvalue weighted by Crippen LogP contribution is 2.20. The number of aliphatic imine (C=N–C) groups is 1. The minimum absolute atomic E-state index is 0.486. The standard InChI is InChI=1S/C25H35N5/c1-26-25(28-22-14-17-29(18-15-22)23-11-6-3-7-12-23)27-19-24-13-8-16-30(24)20-21-9-4-2-5-10-21/h2-7,9-12,22,24H,8,13-20H2,1H3,(H2,26,27,28). The molecule has 1 atom stereocenters. The van der Waals surface area contributed by atoms with Crippen LogP contribution in [0.2, 0.25) is 0 Å². The fraction of sp³-hybridized carbons (Fsp3) is 0.480. The first kappa shape index (κ1) is 20.7. The van der Waals surface area contributed by atoms with E-state index in [0.29, 0.717) is 12.1 Å². The van der Waals surface area contributed by atoms with Crippen molar-refractivity contribution in [1.29, 1.82) is 0 Å². The van der Waals surface area contributed by atoms with Gasteiger partial charge in [0, 0.05) is 51.0 Å². The fourth-order valence-corrected chi connectivity index (χ4v) is 4.68. The zero-order chi connectivity index (χ0) is 20.6. The Labute approximate surface area is 181 Å². The smallest absolute Gasteiger partial charge is 0.191 e. The predicted molar refractivity (Wildman–Crippen MR) is 126 cm³/mol. The van der Waals surface area contributed by atoms with Crippen LogP contribution in [-0.4, -0.2) is 56.2 Å². The van der Waals surface area contributed by atoms with E-state index in [9.17, 15) is 0 Å². The number of nitrogens with one attached hydrogen (secondary N) is 2. The van der Waals surface area contributed by atoms with Gasteiger partial charge in [-0.3, -0.25) is 9.89 Å². The maximum atomic E-state index is 4.49. The van der Waals surface area contributed by atoms with Crippen LogP contribution in [-0.2, 0) is 6.54 Å². The van der Waals surface area contributed by atoms with Crippen molar-refractivity contribution in [3.63, 3.8) is 0 Å². The predicted octanol–water partition coefficient (Wildman–Crippen LogP) is 3.49. The first-order chi connectivity index (χ1) is 14.8. The highest BCUT2D eigenvalue weighted by molar-refractivity contribution is 5.80. The second-order valence-electron chi connectivity index (χ2n) is 8.45. The molecule has 2 saturated heterocycles. The molecule has 2 fully saturated rings. The normalized spacial score (nSPS) is 21.0. The Hall–Kier alpha value is -2.53. The first-order valence-electron chi connectivity index (χ1n) is 11.4. The molecule has 2 aliphatic heterocycles. The number of hydrogen-bond acceptors (Lipinski definition) is 3. The van der Waals surface area contributed by atoms with Crippen molar-refractivity contribution in [3.8, 4) is 0 Å². The second-order valence-corrected chi connectivity index (χ2v) is 8.45. The number of para-hydroxylation sites is 1. The molecule has 2 N–H and O–H groups in total. The van der Waals surface area contributed by atoms with Crippen molar-refractivity contribution in [1.82, 2.24) is 15.5 Å². The van der Waals surface area contributed by atoms with Gasteiger partial charge in [-0.25, -0.2) is 0 Å². The summed E-state index contributed by atoms with van der Waals surface area (Å²) < 4.78 is 0. The zero-order valence-corrected chi connectivity index (χ0v) is 18.1. The lowest BCUT2D eigenvalue weighted by Crippen LogP contribution is -2.50. The topological polar surface area (TPSA) is 42.9 Å². The van der Waals surface area contributed by atoms with E-state index in [0.717, 1.165) is 45.0 Å². The number of guanidine groups is 1. The van der Waals surface area contributed by atoms with Crippen LogP contribution in [0.15, 0.2) is 65.7 Å². The van der Waals surface area contributed by atoms with E-state index in [-0.39, 0.29) is 0 Å². The van der Waals surface area contributed by atoms with E-state index in [4.69, 9.17) is 0 Å². The van der Waals surface area contributed by atoms with E-state index in [1.807, 2.05) is 7.05 Å². The van der Waals surface area contributed by atoms with E-state index in [1.54, 1.807) is 0 Å². The van der Waals surface area contributed by atoms with E-state index in [2.05, 4.69) is 86.1 Å². The minimum atomic E-state index is 0.486. The molecule has 2 aliphatic rings.